The number of hydrogen-bond donors (Lipinski definition) is 1. The number of nitrogen functional groups attached to an aromatic ring is 1. The molecule has 0 aliphatic heterocycles. The van der Waals surface area contributed by atoms with Crippen LogP contribution in [0.15, 0.2) is 53.6 Å². The minimum Gasteiger partial charge on any atom is -0.398 e. The summed E-state index contributed by atoms with van der Waals surface area (Å²) < 4.78 is 13.7. The number of rotatable bonds is 3. The Balaban J connectivity index is 1.93. The van der Waals surface area contributed by atoms with Gasteiger partial charge in [-0.15, -0.1) is 11.8 Å². The highest BCUT2D eigenvalue weighted by molar-refractivity contribution is 7.98. The molecule has 0 bridgehead atoms. The number of nitrogens with zero attached hydrogens (tertiary/aromatic N) is 1. The third-order valence-corrected chi connectivity index (χ3v) is 4.54. The molecule has 106 valence electrons. The number of thioether (sulfide) groups is 1. The van der Waals surface area contributed by atoms with E-state index in [1.807, 2.05) is 37.3 Å². The number of aryl methyl sites for hydroxylation is 1. The molecule has 0 saturated carbocycles. The molecule has 0 unspecified atom stereocenters. The van der Waals surface area contributed by atoms with Gasteiger partial charge in [0.2, 0.25) is 0 Å². The number of fused-ring (bicyclic) bond motifs is 1. The Morgan fingerprint density at radius 1 is 1.19 bits per heavy atom. The van der Waals surface area contributed by atoms with Crippen LogP contribution in [0.2, 0.25) is 0 Å². The fraction of sp³-hybridized carbons (Fsp3) is 0.118. The number of halogens is 1. The summed E-state index contributed by atoms with van der Waals surface area (Å²) in [7, 11) is 0. The van der Waals surface area contributed by atoms with Crippen molar-refractivity contribution in [3.8, 4) is 0 Å². The van der Waals surface area contributed by atoms with Crippen molar-refractivity contribution in [3.63, 3.8) is 0 Å². The van der Waals surface area contributed by atoms with Crippen LogP contribution in [0.4, 0.5) is 10.1 Å². The molecule has 0 aliphatic rings. The summed E-state index contributed by atoms with van der Waals surface area (Å²) in [4.78, 5) is 5.38. The van der Waals surface area contributed by atoms with E-state index in [0.29, 0.717) is 5.75 Å². The Kier molecular flexibility index (Phi) is 3.80. The number of para-hydroxylation sites is 1. The summed E-state index contributed by atoms with van der Waals surface area (Å²) in [6.45, 7) is 1.98. The first-order chi connectivity index (χ1) is 10.1. The molecule has 21 heavy (non-hydrogen) atoms. The van der Waals surface area contributed by atoms with E-state index in [1.54, 1.807) is 24.0 Å². The van der Waals surface area contributed by atoms with Crippen molar-refractivity contribution in [1.82, 2.24) is 4.98 Å². The molecular formula is C17H15FN2S. The Morgan fingerprint density at radius 2 is 2.05 bits per heavy atom. The highest BCUT2D eigenvalue weighted by Gasteiger charge is 2.08. The lowest BCUT2D eigenvalue weighted by molar-refractivity contribution is 0.628. The number of anilines is 1. The maximum absolute atomic E-state index is 13.7. The van der Waals surface area contributed by atoms with Crippen molar-refractivity contribution < 1.29 is 4.39 Å². The first kappa shape index (κ1) is 13.9. The van der Waals surface area contributed by atoms with E-state index in [4.69, 9.17) is 5.73 Å². The van der Waals surface area contributed by atoms with Gasteiger partial charge in [0, 0.05) is 27.9 Å². The molecule has 0 atom stereocenters. The molecule has 0 aliphatic carbocycles. The average molecular weight is 298 g/mol. The smallest absolute Gasteiger partial charge is 0.124 e. The predicted molar refractivity (Wildman–Crippen MR) is 86.9 cm³/mol. The van der Waals surface area contributed by atoms with Crippen LogP contribution < -0.4 is 5.73 Å². The quantitative estimate of drug-likeness (QED) is 0.569. The monoisotopic (exact) mass is 298 g/mol. The van der Waals surface area contributed by atoms with Gasteiger partial charge in [0.25, 0.3) is 0 Å². The van der Waals surface area contributed by atoms with Crippen LogP contribution >= 0.6 is 11.8 Å². The maximum atomic E-state index is 13.7. The van der Waals surface area contributed by atoms with Crippen molar-refractivity contribution in [2.75, 3.05) is 5.73 Å². The highest BCUT2D eigenvalue weighted by atomic mass is 32.2. The van der Waals surface area contributed by atoms with E-state index in [9.17, 15) is 4.39 Å². The molecule has 3 rings (SSSR count). The van der Waals surface area contributed by atoms with Gasteiger partial charge in [-0.05, 0) is 42.3 Å². The van der Waals surface area contributed by atoms with Crippen molar-refractivity contribution in [3.05, 3.63) is 65.6 Å². The third-order valence-electron chi connectivity index (χ3n) is 3.42. The number of pyridine rings is 1. The lowest BCUT2D eigenvalue weighted by atomic mass is 10.1. The van der Waals surface area contributed by atoms with Gasteiger partial charge in [-0.25, -0.2) is 4.39 Å². The topological polar surface area (TPSA) is 38.9 Å². The molecule has 4 heteroatoms. The third kappa shape index (κ3) is 2.85. The van der Waals surface area contributed by atoms with Crippen molar-refractivity contribution in [1.29, 1.82) is 0 Å². The minimum absolute atomic E-state index is 0.233. The second-order valence-corrected chi connectivity index (χ2v) is 5.93. The van der Waals surface area contributed by atoms with Gasteiger partial charge in [-0.3, -0.25) is 4.98 Å². The van der Waals surface area contributed by atoms with Gasteiger partial charge in [0.05, 0.1) is 5.52 Å². The number of hydrogen-bond acceptors (Lipinski definition) is 3. The average Bonchev–Trinajstić information content (AvgIpc) is 2.48. The van der Waals surface area contributed by atoms with E-state index in [1.165, 1.54) is 6.07 Å². The zero-order valence-electron chi connectivity index (χ0n) is 11.6. The van der Waals surface area contributed by atoms with Crippen LogP contribution in [0.25, 0.3) is 10.9 Å². The second kappa shape index (κ2) is 5.74. The van der Waals surface area contributed by atoms with Crippen molar-refractivity contribution in [2.45, 2.75) is 17.6 Å². The van der Waals surface area contributed by atoms with Crippen molar-refractivity contribution >= 4 is 28.4 Å². The molecule has 2 N–H and O–H groups in total. The predicted octanol–water partition coefficient (Wildman–Crippen LogP) is 4.56. The largest absolute Gasteiger partial charge is 0.398 e. The summed E-state index contributed by atoms with van der Waals surface area (Å²) in [5.74, 6) is 0.405. The van der Waals surface area contributed by atoms with Gasteiger partial charge in [-0.1, -0.05) is 18.2 Å². The zero-order valence-corrected chi connectivity index (χ0v) is 12.5. The first-order valence-electron chi connectivity index (χ1n) is 6.66. The Labute approximate surface area is 127 Å². The highest BCUT2D eigenvalue weighted by Crippen LogP contribution is 2.32. The molecule has 1 heterocycles. The Morgan fingerprint density at radius 3 is 2.90 bits per heavy atom. The molecule has 0 spiro atoms. The summed E-state index contributed by atoms with van der Waals surface area (Å²) in [5, 5.41) is 0.824. The number of nitrogens with two attached hydrogens (primary N) is 1. The summed E-state index contributed by atoms with van der Waals surface area (Å²) in [5.41, 5.74) is 9.66. The van der Waals surface area contributed by atoms with Crippen LogP contribution in [0, 0.1) is 12.7 Å². The molecule has 0 amide bonds. The lowest BCUT2D eigenvalue weighted by Crippen LogP contribution is -1.94. The van der Waals surface area contributed by atoms with Gasteiger partial charge in [-0.2, -0.15) is 0 Å². The molecule has 1 aromatic heterocycles. The molecule has 3 aromatic rings. The van der Waals surface area contributed by atoms with E-state index in [0.717, 1.165) is 32.6 Å². The second-order valence-electron chi connectivity index (χ2n) is 4.92. The standard InChI is InChI=1S/C17H15FN2S/c1-11-4-2-6-15(16(11)19)21-10-13-9-14(18)8-12-5-3-7-20-17(12)13/h2-9H,10,19H2,1H3. The molecular weight excluding hydrogens is 283 g/mol. The van der Waals surface area contributed by atoms with Gasteiger partial charge >= 0.3 is 0 Å². The summed E-state index contributed by atoms with van der Waals surface area (Å²) in [6.07, 6.45) is 1.73. The van der Waals surface area contributed by atoms with E-state index in [2.05, 4.69) is 4.98 Å². The van der Waals surface area contributed by atoms with Crippen LogP contribution in [0.1, 0.15) is 11.1 Å². The van der Waals surface area contributed by atoms with E-state index >= 15 is 0 Å². The fourth-order valence-corrected chi connectivity index (χ4v) is 3.30. The first-order valence-corrected chi connectivity index (χ1v) is 7.65. The van der Waals surface area contributed by atoms with Gasteiger partial charge in [0.15, 0.2) is 0 Å². The normalized spacial score (nSPS) is 11.0. The molecule has 0 radical (unpaired) electrons. The molecule has 0 fully saturated rings. The van der Waals surface area contributed by atoms with E-state index in [-0.39, 0.29) is 5.82 Å². The van der Waals surface area contributed by atoms with Gasteiger partial charge in [0.1, 0.15) is 5.82 Å². The van der Waals surface area contributed by atoms with E-state index < -0.39 is 0 Å². The van der Waals surface area contributed by atoms with Crippen LogP contribution in [-0.4, -0.2) is 4.98 Å². The Bertz CT molecular complexity index is 802. The maximum Gasteiger partial charge on any atom is 0.124 e. The summed E-state index contributed by atoms with van der Waals surface area (Å²) >= 11 is 1.61. The van der Waals surface area contributed by atoms with Gasteiger partial charge < -0.3 is 5.73 Å². The van der Waals surface area contributed by atoms with Crippen LogP contribution in [-0.2, 0) is 5.75 Å². The van der Waals surface area contributed by atoms with Crippen LogP contribution in [0.3, 0.4) is 0 Å². The molecule has 0 saturated heterocycles. The SMILES string of the molecule is Cc1cccc(SCc2cc(F)cc3cccnc23)c1N. The molecule has 2 nitrogen and oxygen atoms in total. The summed E-state index contributed by atoms with van der Waals surface area (Å²) in [6, 6.07) is 12.7. The lowest BCUT2D eigenvalue weighted by Gasteiger charge is -2.09. The zero-order chi connectivity index (χ0) is 14.8. The van der Waals surface area contributed by atoms with Crippen LogP contribution in [0.5, 0.6) is 0 Å². The molecule has 2 aromatic carbocycles. The minimum atomic E-state index is -0.233. The number of aromatic nitrogens is 1. The van der Waals surface area contributed by atoms with Crippen molar-refractivity contribution in [2.24, 2.45) is 0 Å². The fourth-order valence-electron chi connectivity index (χ4n) is 2.27. The number of benzene rings is 2. The Hall–Kier alpha value is -2.07.